The fourth-order valence-corrected chi connectivity index (χ4v) is 4.52. The number of carbonyl (C=O) groups is 2. The Bertz CT molecular complexity index is 897. The molecule has 1 aromatic carbocycles. The second-order valence-electron chi connectivity index (χ2n) is 6.74. The lowest BCUT2D eigenvalue weighted by Crippen LogP contribution is -2.39. The SMILES string of the molecule is CC(C(=O)Nc1sc2c(c1C(N)=O)CCC2)N(C)Cc1ccc(F)cc1F. The van der Waals surface area contributed by atoms with Crippen LogP contribution >= 0.6 is 11.3 Å². The number of carbonyl (C=O) groups excluding carboxylic acids is 2. The highest BCUT2D eigenvalue weighted by molar-refractivity contribution is 7.17. The quantitative estimate of drug-likeness (QED) is 0.792. The Morgan fingerprint density at radius 3 is 2.74 bits per heavy atom. The van der Waals surface area contributed by atoms with E-state index in [2.05, 4.69) is 5.32 Å². The Labute approximate surface area is 160 Å². The predicted molar refractivity (Wildman–Crippen MR) is 101 cm³/mol. The molecule has 0 saturated heterocycles. The molecule has 0 saturated carbocycles. The lowest BCUT2D eigenvalue weighted by atomic mass is 10.1. The molecule has 2 aromatic rings. The van der Waals surface area contributed by atoms with E-state index in [4.69, 9.17) is 5.73 Å². The van der Waals surface area contributed by atoms with Gasteiger partial charge in [-0.25, -0.2) is 8.78 Å². The van der Waals surface area contributed by atoms with Gasteiger partial charge in [-0.05, 0) is 44.9 Å². The number of thiophene rings is 1. The number of hydrogen-bond donors (Lipinski definition) is 2. The summed E-state index contributed by atoms with van der Waals surface area (Å²) >= 11 is 1.39. The summed E-state index contributed by atoms with van der Waals surface area (Å²) in [6.45, 7) is 1.83. The summed E-state index contributed by atoms with van der Waals surface area (Å²) in [5.74, 6) is -2.16. The maximum absolute atomic E-state index is 13.8. The van der Waals surface area contributed by atoms with E-state index in [9.17, 15) is 18.4 Å². The van der Waals surface area contributed by atoms with E-state index in [1.165, 1.54) is 23.5 Å². The second kappa shape index (κ2) is 7.74. The summed E-state index contributed by atoms with van der Waals surface area (Å²) < 4.78 is 26.9. The van der Waals surface area contributed by atoms with Crippen molar-refractivity contribution < 1.29 is 18.4 Å². The number of aryl methyl sites for hydroxylation is 1. The molecule has 0 spiro atoms. The van der Waals surface area contributed by atoms with E-state index in [-0.39, 0.29) is 12.5 Å². The molecule has 2 amide bonds. The fraction of sp³-hybridized carbons (Fsp3) is 0.368. The van der Waals surface area contributed by atoms with Crippen LogP contribution in [0.25, 0.3) is 0 Å². The molecule has 8 heteroatoms. The first kappa shape index (κ1) is 19.4. The van der Waals surface area contributed by atoms with Gasteiger partial charge in [0.2, 0.25) is 5.91 Å². The number of primary amides is 1. The third kappa shape index (κ3) is 4.01. The van der Waals surface area contributed by atoms with E-state index in [1.54, 1.807) is 18.9 Å². The molecule has 3 N–H and O–H groups in total. The molecular formula is C19H21F2N3O2S. The molecule has 1 aliphatic rings. The number of benzene rings is 1. The normalized spacial score (nSPS) is 14.3. The van der Waals surface area contributed by atoms with E-state index < -0.39 is 23.6 Å². The summed E-state index contributed by atoms with van der Waals surface area (Å²) in [4.78, 5) is 27.2. The van der Waals surface area contributed by atoms with Gasteiger partial charge in [0.1, 0.15) is 16.6 Å². The number of fused-ring (bicyclic) bond motifs is 1. The highest BCUT2D eigenvalue weighted by atomic mass is 32.1. The Morgan fingerprint density at radius 2 is 2.07 bits per heavy atom. The van der Waals surface area contributed by atoms with E-state index in [1.807, 2.05) is 0 Å². The maximum atomic E-state index is 13.8. The van der Waals surface area contributed by atoms with Crippen molar-refractivity contribution in [2.45, 2.75) is 38.8 Å². The molecule has 0 radical (unpaired) electrons. The first-order valence-corrected chi connectivity index (χ1v) is 9.49. The molecule has 1 heterocycles. The van der Waals surface area contributed by atoms with Gasteiger partial charge in [0.15, 0.2) is 0 Å². The van der Waals surface area contributed by atoms with E-state index in [0.717, 1.165) is 35.8 Å². The minimum Gasteiger partial charge on any atom is -0.365 e. The van der Waals surface area contributed by atoms with Crippen molar-refractivity contribution in [2.75, 3.05) is 12.4 Å². The molecule has 1 atom stereocenters. The van der Waals surface area contributed by atoms with Crippen LogP contribution in [0.3, 0.4) is 0 Å². The maximum Gasteiger partial charge on any atom is 0.251 e. The predicted octanol–water partition coefficient (Wildman–Crippen LogP) is 3.07. The van der Waals surface area contributed by atoms with Crippen molar-refractivity contribution in [2.24, 2.45) is 5.73 Å². The molecule has 5 nitrogen and oxygen atoms in total. The largest absolute Gasteiger partial charge is 0.365 e. The van der Waals surface area contributed by atoms with Crippen molar-refractivity contribution in [1.29, 1.82) is 0 Å². The molecule has 1 unspecified atom stereocenters. The van der Waals surface area contributed by atoms with Gasteiger partial charge in [-0.2, -0.15) is 0 Å². The number of nitrogens with zero attached hydrogens (tertiary/aromatic N) is 1. The monoisotopic (exact) mass is 393 g/mol. The lowest BCUT2D eigenvalue weighted by Gasteiger charge is -2.24. The van der Waals surface area contributed by atoms with Gasteiger partial charge in [0.05, 0.1) is 11.6 Å². The zero-order chi connectivity index (χ0) is 19.7. The standard InChI is InChI=1S/C19H21F2N3O2S/c1-10(24(2)9-11-6-7-12(20)8-14(11)21)18(26)23-19-16(17(22)25)13-4-3-5-15(13)27-19/h6-8,10H,3-5,9H2,1-2H3,(H2,22,25)(H,23,26). The Kier molecular flexibility index (Phi) is 5.57. The summed E-state index contributed by atoms with van der Waals surface area (Å²) in [7, 11) is 1.68. The Balaban J connectivity index is 1.71. The van der Waals surface area contributed by atoms with Crippen LogP contribution in [0.5, 0.6) is 0 Å². The van der Waals surface area contributed by atoms with E-state index >= 15 is 0 Å². The molecule has 0 aliphatic heterocycles. The van der Waals surface area contributed by atoms with Gasteiger partial charge < -0.3 is 11.1 Å². The van der Waals surface area contributed by atoms with Crippen LogP contribution in [-0.2, 0) is 24.2 Å². The van der Waals surface area contributed by atoms with Crippen LogP contribution in [-0.4, -0.2) is 29.8 Å². The van der Waals surface area contributed by atoms with Crippen molar-refractivity contribution >= 4 is 28.2 Å². The first-order valence-electron chi connectivity index (χ1n) is 8.67. The van der Waals surface area contributed by atoms with Gasteiger partial charge in [-0.1, -0.05) is 6.07 Å². The van der Waals surface area contributed by atoms with Crippen molar-refractivity contribution in [1.82, 2.24) is 4.90 Å². The van der Waals surface area contributed by atoms with E-state index in [0.29, 0.717) is 16.1 Å². The highest BCUT2D eigenvalue weighted by Gasteiger charge is 2.28. The molecule has 0 bridgehead atoms. The van der Waals surface area contributed by atoms with Crippen LogP contribution in [0.4, 0.5) is 13.8 Å². The van der Waals surface area contributed by atoms with Gasteiger partial charge in [0.25, 0.3) is 5.91 Å². The Hall–Kier alpha value is -2.32. The second-order valence-corrected chi connectivity index (χ2v) is 7.85. The smallest absolute Gasteiger partial charge is 0.251 e. The molecule has 27 heavy (non-hydrogen) atoms. The number of hydrogen-bond acceptors (Lipinski definition) is 4. The Morgan fingerprint density at radius 1 is 1.33 bits per heavy atom. The number of nitrogens with one attached hydrogen (secondary N) is 1. The third-order valence-corrected chi connectivity index (χ3v) is 6.09. The average molecular weight is 393 g/mol. The molecule has 3 rings (SSSR count). The molecule has 1 aliphatic carbocycles. The van der Waals surface area contributed by atoms with Crippen LogP contribution in [0.2, 0.25) is 0 Å². The summed E-state index contributed by atoms with van der Waals surface area (Å²) in [5.41, 5.74) is 7.15. The number of nitrogens with two attached hydrogens (primary N) is 1. The number of anilines is 1. The topological polar surface area (TPSA) is 75.4 Å². The average Bonchev–Trinajstić information content (AvgIpc) is 3.16. The zero-order valence-corrected chi connectivity index (χ0v) is 16.0. The third-order valence-electron chi connectivity index (χ3n) is 4.88. The van der Waals surface area contributed by atoms with Crippen molar-refractivity contribution in [3.63, 3.8) is 0 Å². The minimum atomic E-state index is -0.653. The molecule has 0 fully saturated rings. The van der Waals surface area contributed by atoms with Gasteiger partial charge >= 0.3 is 0 Å². The van der Waals surface area contributed by atoms with Gasteiger partial charge in [0, 0.05) is 23.1 Å². The number of halogens is 2. The number of likely N-dealkylation sites (N-methyl/N-ethyl adjacent to an activating group) is 1. The number of amides is 2. The van der Waals surface area contributed by atoms with Gasteiger partial charge in [-0.15, -0.1) is 11.3 Å². The zero-order valence-electron chi connectivity index (χ0n) is 15.1. The molecular weight excluding hydrogens is 372 g/mol. The fourth-order valence-electron chi connectivity index (χ4n) is 3.23. The number of rotatable bonds is 6. The van der Waals surface area contributed by atoms with Crippen LogP contribution in [0.15, 0.2) is 18.2 Å². The van der Waals surface area contributed by atoms with Crippen molar-refractivity contribution in [3.05, 3.63) is 51.4 Å². The van der Waals surface area contributed by atoms with Gasteiger partial charge in [-0.3, -0.25) is 14.5 Å². The molecule has 144 valence electrons. The van der Waals surface area contributed by atoms with Crippen LogP contribution < -0.4 is 11.1 Å². The molecule has 1 aromatic heterocycles. The summed E-state index contributed by atoms with van der Waals surface area (Å²) in [6.07, 6.45) is 2.66. The van der Waals surface area contributed by atoms with Crippen LogP contribution in [0, 0.1) is 11.6 Å². The lowest BCUT2D eigenvalue weighted by molar-refractivity contribution is -0.120. The minimum absolute atomic E-state index is 0.143. The highest BCUT2D eigenvalue weighted by Crippen LogP contribution is 2.38. The summed E-state index contributed by atoms with van der Waals surface area (Å²) in [6, 6.07) is 2.77. The summed E-state index contributed by atoms with van der Waals surface area (Å²) in [5, 5.41) is 3.27. The first-order chi connectivity index (χ1) is 12.8. The van der Waals surface area contributed by atoms with Crippen LogP contribution in [0.1, 0.15) is 39.7 Å². The van der Waals surface area contributed by atoms with Crippen molar-refractivity contribution in [3.8, 4) is 0 Å².